The van der Waals surface area contributed by atoms with Gasteiger partial charge in [-0.3, -0.25) is 0 Å². The minimum absolute atomic E-state index is 0.837. The minimum atomic E-state index is -0.912. The van der Waals surface area contributed by atoms with Crippen molar-refractivity contribution < 1.29 is 9.90 Å². The molecule has 110 valence electrons. The first kappa shape index (κ1) is 15.5. The first-order chi connectivity index (χ1) is 10.1. The smallest absolute Gasteiger partial charge is 0.328 e. The molecule has 1 N–H and O–H groups in total. The first-order valence-corrected chi connectivity index (χ1v) is 7.73. The highest BCUT2D eigenvalue weighted by atomic mass is 32.1. The lowest BCUT2D eigenvalue weighted by Crippen LogP contribution is -2.20. The van der Waals surface area contributed by atoms with Crippen molar-refractivity contribution in [1.29, 1.82) is 0 Å². The van der Waals surface area contributed by atoms with Gasteiger partial charge in [-0.15, -0.1) is 11.3 Å². The minimum Gasteiger partial charge on any atom is -0.478 e. The average Bonchev–Trinajstić information content (AvgIpc) is 2.91. The zero-order chi connectivity index (χ0) is 15.1. The third kappa shape index (κ3) is 5.17. The van der Waals surface area contributed by atoms with E-state index in [1.807, 2.05) is 17.5 Å². The van der Waals surface area contributed by atoms with E-state index in [9.17, 15) is 4.79 Å². The lowest BCUT2D eigenvalue weighted by Gasteiger charge is -2.16. The molecule has 3 nitrogen and oxygen atoms in total. The van der Waals surface area contributed by atoms with Crippen molar-refractivity contribution in [3.63, 3.8) is 0 Å². The Balaban J connectivity index is 1.89. The third-order valence-corrected chi connectivity index (χ3v) is 4.15. The topological polar surface area (TPSA) is 40.5 Å². The fourth-order valence-electron chi connectivity index (χ4n) is 2.08. The highest BCUT2D eigenvalue weighted by Gasteiger charge is 2.06. The van der Waals surface area contributed by atoms with Crippen LogP contribution in [0.25, 0.3) is 6.08 Å². The molecule has 0 amide bonds. The van der Waals surface area contributed by atoms with Crippen molar-refractivity contribution in [2.75, 3.05) is 13.6 Å². The third-order valence-electron chi connectivity index (χ3n) is 3.22. The molecule has 1 aromatic heterocycles. The van der Waals surface area contributed by atoms with Crippen LogP contribution in [-0.4, -0.2) is 29.6 Å². The maximum atomic E-state index is 10.6. The normalized spacial score (nSPS) is 11.3. The average molecular weight is 301 g/mol. The van der Waals surface area contributed by atoms with Gasteiger partial charge in [0.2, 0.25) is 0 Å². The van der Waals surface area contributed by atoms with E-state index in [0.29, 0.717) is 0 Å². The van der Waals surface area contributed by atoms with Crippen LogP contribution in [-0.2, 0) is 17.8 Å². The number of benzene rings is 1. The highest BCUT2D eigenvalue weighted by Crippen LogP contribution is 2.20. The predicted octanol–water partition coefficient (Wildman–Crippen LogP) is 3.52. The molecule has 0 aliphatic rings. The predicted molar refractivity (Wildman–Crippen MR) is 87.5 cm³/mol. The number of carbonyl (C=O) groups is 1. The molecule has 2 aromatic rings. The summed E-state index contributed by atoms with van der Waals surface area (Å²) in [7, 11) is 2.09. The van der Waals surface area contributed by atoms with Gasteiger partial charge in [0.05, 0.1) is 0 Å². The molecule has 0 fully saturated rings. The standard InChI is InChI=1S/C17H19NO2S/c1-18(11-9-14-5-3-2-4-6-14)13-16-15(10-12-21-16)7-8-17(19)20/h2-8,10,12H,9,11,13H2,1H3,(H,19,20). The van der Waals surface area contributed by atoms with Gasteiger partial charge in [-0.2, -0.15) is 0 Å². The highest BCUT2D eigenvalue weighted by molar-refractivity contribution is 7.10. The van der Waals surface area contributed by atoms with E-state index in [-0.39, 0.29) is 0 Å². The van der Waals surface area contributed by atoms with Crippen LogP contribution >= 0.6 is 11.3 Å². The molecule has 2 rings (SSSR count). The second-order valence-corrected chi connectivity index (χ2v) is 5.94. The number of thiophene rings is 1. The Morgan fingerprint density at radius 2 is 2.05 bits per heavy atom. The van der Waals surface area contributed by atoms with Gasteiger partial charge < -0.3 is 10.0 Å². The Morgan fingerprint density at radius 1 is 1.29 bits per heavy atom. The van der Waals surface area contributed by atoms with E-state index < -0.39 is 5.97 Å². The number of rotatable bonds is 7. The van der Waals surface area contributed by atoms with E-state index >= 15 is 0 Å². The van der Waals surface area contributed by atoms with Gasteiger partial charge in [-0.05, 0) is 42.1 Å². The number of aliphatic carboxylic acids is 1. The van der Waals surface area contributed by atoms with Gasteiger partial charge >= 0.3 is 5.97 Å². The fourth-order valence-corrected chi connectivity index (χ4v) is 3.02. The van der Waals surface area contributed by atoms with Crippen LogP contribution in [0.2, 0.25) is 0 Å². The monoisotopic (exact) mass is 301 g/mol. The molecule has 0 spiro atoms. The lowest BCUT2D eigenvalue weighted by atomic mass is 10.1. The van der Waals surface area contributed by atoms with Crippen molar-refractivity contribution in [2.24, 2.45) is 0 Å². The van der Waals surface area contributed by atoms with Crippen molar-refractivity contribution in [3.8, 4) is 0 Å². The molecule has 0 unspecified atom stereocenters. The summed E-state index contributed by atoms with van der Waals surface area (Å²) in [6.45, 7) is 1.81. The van der Waals surface area contributed by atoms with Gasteiger partial charge in [0.15, 0.2) is 0 Å². The van der Waals surface area contributed by atoms with Crippen LogP contribution in [0.1, 0.15) is 16.0 Å². The molecule has 0 saturated heterocycles. The van der Waals surface area contributed by atoms with Crippen molar-refractivity contribution in [1.82, 2.24) is 4.90 Å². The summed E-state index contributed by atoms with van der Waals surface area (Å²) in [6, 6.07) is 12.4. The van der Waals surface area contributed by atoms with Crippen molar-refractivity contribution in [3.05, 3.63) is 63.9 Å². The molecule has 1 heterocycles. The zero-order valence-electron chi connectivity index (χ0n) is 12.0. The number of carboxylic acid groups (broad SMARTS) is 1. The Bertz CT molecular complexity index is 604. The molecule has 0 atom stereocenters. The summed E-state index contributed by atoms with van der Waals surface area (Å²) in [5, 5.41) is 10.7. The summed E-state index contributed by atoms with van der Waals surface area (Å²) in [4.78, 5) is 14.1. The van der Waals surface area contributed by atoms with Gasteiger partial charge in [0, 0.05) is 24.0 Å². The van der Waals surface area contributed by atoms with E-state index in [4.69, 9.17) is 5.11 Å². The molecular formula is C17H19NO2S. The summed E-state index contributed by atoms with van der Waals surface area (Å²) in [5.41, 5.74) is 2.33. The van der Waals surface area contributed by atoms with Crippen LogP contribution in [0.5, 0.6) is 0 Å². The van der Waals surface area contributed by atoms with Crippen LogP contribution in [0.4, 0.5) is 0 Å². The quantitative estimate of drug-likeness (QED) is 0.795. The van der Waals surface area contributed by atoms with E-state index in [1.165, 1.54) is 16.5 Å². The molecule has 1 aromatic carbocycles. The second kappa shape index (κ2) is 7.76. The summed E-state index contributed by atoms with van der Waals surface area (Å²) in [6.07, 6.45) is 3.87. The number of nitrogens with zero attached hydrogens (tertiary/aromatic N) is 1. The summed E-state index contributed by atoms with van der Waals surface area (Å²) >= 11 is 1.67. The van der Waals surface area contributed by atoms with E-state index in [1.54, 1.807) is 17.4 Å². The van der Waals surface area contributed by atoms with Gasteiger partial charge in [0.1, 0.15) is 0 Å². The van der Waals surface area contributed by atoms with Gasteiger partial charge in [-0.1, -0.05) is 30.3 Å². The molecule has 0 radical (unpaired) electrons. The molecule has 0 bridgehead atoms. The fraction of sp³-hybridized carbons (Fsp3) is 0.235. The lowest BCUT2D eigenvalue weighted by molar-refractivity contribution is -0.131. The van der Waals surface area contributed by atoms with Crippen molar-refractivity contribution in [2.45, 2.75) is 13.0 Å². The number of hydrogen-bond acceptors (Lipinski definition) is 3. The van der Waals surface area contributed by atoms with Crippen LogP contribution in [0, 0.1) is 0 Å². The Hall–Kier alpha value is -1.91. The first-order valence-electron chi connectivity index (χ1n) is 6.85. The van der Waals surface area contributed by atoms with Crippen LogP contribution < -0.4 is 0 Å². The maximum absolute atomic E-state index is 10.6. The maximum Gasteiger partial charge on any atom is 0.328 e. The number of carboxylic acids is 1. The Morgan fingerprint density at radius 3 is 2.76 bits per heavy atom. The summed E-state index contributed by atoms with van der Waals surface area (Å²) < 4.78 is 0. The second-order valence-electron chi connectivity index (χ2n) is 4.94. The molecular weight excluding hydrogens is 282 g/mol. The van der Waals surface area contributed by atoms with Gasteiger partial charge in [-0.25, -0.2) is 4.79 Å². The Labute approximate surface area is 129 Å². The Kier molecular flexibility index (Phi) is 5.72. The zero-order valence-corrected chi connectivity index (χ0v) is 12.8. The number of hydrogen-bond donors (Lipinski definition) is 1. The van der Waals surface area contributed by atoms with Crippen LogP contribution in [0.15, 0.2) is 47.9 Å². The molecule has 21 heavy (non-hydrogen) atoms. The van der Waals surface area contributed by atoms with Crippen molar-refractivity contribution >= 4 is 23.4 Å². The van der Waals surface area contributed by atoms with Gasteiger partial charge in [0.25, 0.3) is 0 Å². The molecule has 4 heteroatoms. The summed E-state index contributed by atoms with van der Waals surface area (Å²) in [5.74, 6) is -0.912. The number of likely N-dealkylation sites (N-methyl/N-ethyl adjacent to an activating group) is 1. The largest absolute Gasteiger partial charge is 0.478 e. The molecule has 0 aliphatic carbocycles. The van der Waals surface area contributed by atoms with Crippen LogP contribution in [0.3, 0.4) is 0 Å². The van der Waals surface area contributed by atoms with E-state index in [2.05, 4.69) is 36.2 Å². The molecule has 0 aliphatic heterocycles. The van der Waals surface area contributed by atoms with E-state index in [0.717, 1.165) is 25.1 Å². The SMILES string of the molecule is CN(CCc1ccccc1)Cc1sccc1C=CC(=O)O. The molecule has 0 saturated carbocycles.